The number of nitrogens with one attached hydrogen (secondary N) is 3. The molecule has 45 heavy (non-hydrogen) atoms. The van der Waals surface area contributed by atoms with E-state index >= 15 is 0 Å². The lowest BCUT2D eigenvalue weighted by molar-refractivity contribution is 0.0958. The molecule has 1 amide bonds. The van der Waals surface area contributed by atoms with Gasteiger partial charge in [-0.2, -0.15) is 0 Å². The number of fused-ring (bicyclic) bond motifs is 2. The lowest BCUT2D eigenvalue weighted by Crippen LogP contribution is -2.46. The Hall–Kier alpha value is -5.37. The van der Waals surface area contributed by atoms with Crippen molar-refractivity contribution in [2.45, 2.75) is 20.4 Å². The van der Waals surface area contributed by atoms with E-state index in [0.29, 0.717) is 40.8 Å². The third-order valence-corrected chi connectivity index (χ3v) is 7.53. The van der Waals surface area contributed by atoms with E-state index in [-0.39, 0.29) is 33.8 Å². The summed E-state index contributed by atoms with van der Waals surface area (Å²) in [6.07, 6.45) is 2.10. The van der Waals surface area contributed by atoms with Gasteiger partial charge in [0.1, 0.15) is 28.1 Å². The maximum Gasteiger partial charge on any atom is 0.269 e. The number of aryl methyl sites for hydroxylation is 2. The zero-order chi connectivity index (χ0) is 32.2. The number of aromatic amines is 2. The fourth-order valence-electron chi connectivity index (χ4n) is 4.94. The number of piperazine rings is 1. The molecule has 5 aromatic rings. The normalized spacial score (nSPS) is 13.4. The maximum atomic E-state index is 14.9. The van der Waals surface area contributed by atoms with Crippen molar-refractivity contribution in [2.75, 3.05) is 38.1 Å². The minimum atomic E-state index is -0.743. The monoisotopic (exact) mass is 616 g/mol. The number of carbonyl (C=O) groups is 2. The largest absolute Gasteiger partial charge is 0.368 e. The van der Waals surface area contributed by atoms with Crippen LogP contribution in [0.1, 0.15) is 37.8 Å². The molecule has 1 saturated heterocycles. The summed E-state index contributed by atoms with van der Waals surface area (Å²) in [6, 6.07) is 9.90. The van der Waals surface area contributed by atoms with E-state index in [2.05, 4.69) is 40.0 Å². The fourth-order valence-corrected chi connectivity index (χ4v) is 4.94. The van der Waals surface area contributed by atoms with Crippen LogP contribution < -0.4 is 21.3 Å². The third-order valence-electron chi connectivity index (χ3n) is 7.53. The van der Waals surface area contributed by atoms with Crippen molar-refractivity contribution in [2.24, 2.45) is 0 Å². The predicted octanol–water partition coefficient (Wildman–Crippen LogP) is 2.63. The van der Waals surface area contributed by atoms with Crippen LogP contribution in [-0.4, -0.2) is 75.2 Å². The highest BCUT2D eigenvalue weighted by molar-refractivity contribution is 5.92. The first kappa shape index (κ1) is 31.1. The zero-order valence-corrected chi connectivity index (χ0v) is 24.8. The van der Waals surface area contributed by atoms with Crippen molar-refractivity contribution in [1.82, 2.24) is 35.1 Å². The summed E-state index contributed by atoms with van der Waals surface area (Å²) >= 11 is 0. The molecule has 0 aliphatic carbocycles. The SMILES string of the molecule is CNC(=O)c1ccc(N2CCN(Cc3ccc4nc(C)c(=O)[nH]c4c3F)CC2)cn1.Cc1nc2ccc(C=O)c(F)c2[nH]c1=O. The minimum Gasteiger partial charge on any atom is -0.368 e. The van der Waals surface area contributed by atoms with Crippen LogP contribution in [0.4, 0.5) is 14.5 Å². The number of aromatic nitrogens is 5. The van der Waals surface area contributed by atoms with Crippen LogP contribution in [0.3, 0.4) is 0 Å². The molecule has 0 atom stereocenters. The Kier molecular flexibility index (Phi) is 9.04. The van der Waals surface area contributed by atoms with Gasteiger partial charge in [-0.05, 0) is 44.2 Å². The number of rotatable bonds is 5. The molecule has 2 aromatic carbocycles. The third kappa shape index (κ3) is 6.60. The molecule has 6 rings (SSSR count). The minimum absolute atomic E-state index is 0.0322. The van der Waals surface area contributed by atoms with Crippen molar-refractivity contribution in [3.63, 3.8) is 0 Å². The van der Waals surface area contributed by atoms with Gasteiger partial charge in [-0.25, -0.2) is 23.7 Å². The predicted molar refractivity (Wildman–Crippen MR) is 165 cm³/mol. The number of hydrogen-bond acceptors (Lipinski definition) is 9. The van der Waals surface area contributed by atoms with E-state index in [1.165, 1.54) is 19.1 Å². The van der Waals surface area contributed by atoms with Crippen molar-refractivity contribution in [3.05, 3.63) is 103 Å². The molecule has 14 heteroatoms. The van der Waals surface area contributed by atoms with Crippen LogP contribution in [0.15, 0.2) is 52.2 Å². The first-order valence-corrected chi connectivity index (χ1v) is 14.1. The van der Waals surface area contributed by atoms with Gasteiger partial charge in [0.05, 0.1) is 28.5 Å². The molecule has 4 heterocycles. The van der Waals surface area contributed by atoms with E-state index in [1.807, 2.05) is 6.07 Å². The van der Waals surface area contributed by atoms with Crippen LogP contribution in [0, 0.1) is 25.5 Å². The molecular formula is C31H30F2N8O4. The number of nitrogens with zero attached hydrogens (tertiary/aromatic N) is 5. The Morgan fingerprint density at radius 3 is 2.04 bits per heavy atom. The van der Waals surface area contributed by atoms with Crippen LogP contribution in [0.5, 0.6) is 0 Å². The first-order valence-electron chi connectivity index (χ1n) is 14.1. The summed E-state index contributed by atoms with van der Waals surface area (Å²) in [5.41, 5.74) is 2.45. The highest BCUT2D eigenvalue weighted by Gasteiger charge is 2.20. The number of benzene rings is 2. The number of aldehydes is 1. The summed E-state index contributed by atoms with van der Waals surface area (Å²) in [4.78, 5) is 66.7. The highest BCUT2D eigenvalue weighted by Crippen LogP contribution is 2.21. The van der Waals surface area contributed by atoms with Gasteiger partial charge in [-0.1, -0.05) is 6.07 Å². The molecular weight excluding hydrogens is 586 g/mol. The highest BCUT2D eigenvalue weighted by atomic mass is 19.1. The molecule has 232 valence electrons. The maximum absolute atomic E-state index is 14.9. The number of halogens is 2. The lowest BCUT2D eigenvalue weighted by Gasteiger charge is -2.36. The van der Waals surface area contributed by atoms with Crippen molar-refractivity contribution in [1.29, 1.82) is 0 Å². The molecule has 0 spiro atoms. The smallest absolute Gasteiger partial charge is 0.269 e. The van der Waals surface area contributed by atoms with Crippen molar-refractivity contribution < 1.29 is 18.4 Å². The molecule has 1 fully saturated rings. The van der Waals surface area contributed by atoms with Gasteiger partial charge in [0.2, 0.25) is 0 Å². The van der Waals surface area contributed by atoms with E-state index < -0.39 is 17.2 Å². The van der Waals surface area contributed by atoms with Gasteiger partial charge in [-0.3, -0.25) is 24.1 Å². The first-order chi connectivity index (χ1) is 21.6. The Balaban J connectivity index is 0.000000223. The molecule has 3 aromatic heterocycles. The molecule has 3 N–H and O–H groups in total. The summed E-state index contributed by atoms with van der Waals surface area (Å²) in [7, 11) is 1.57. The molecule has 1 aliphatic heterocycles. The van der Waals surface area contributed by atoms with Gasteiger partial charge < -0.3 is 20.2 Å². The van der Waals surface area contributed by atoms with Gasteiger partial charge in [0.25, 0.3) is 17.0 Å². The second-order valence-corrected chi connectivity index (χ2v) is 10.5. The average molecular weight is 617 g/mol. The number of pyridine rings is 1. The standard InChI is InChI=1S/C21H23FN6O2.C10H7FN2O2/c1-13-20(29)26-19-16(25-13)5-3-14(18(19)22)12-27-7-9-28(10-8-27)15-4-6-17(24-11-15)21(30)23-2;1-5-10(15)13-9-7(12-5)3-2-6(4-14)8(9)11/h3-6,11H,7-10,12H2,1-2H3,(H,23,30)(H,26,29);2-4H,1H3,(H,13,15). The van der Waals surface area contributed by atoms with Crippen LogP contribution in [0.25, 0.3) is 22.1 Å². The van der Waals surface area contributed by atoms with Crippen molar-refractivity contribution in [3.8, 4) is 0 Å². The molecule has 0 unspecified atom stereocenters. The molecule has 12 nitrogen and oxygen atoms in total. The van der Waals surface area contributed by atoms with E-state index in [1.54, 1.807) is 38.4 Å². The van der Waals surface area contributed by atoms with E-state index in [0.717, 1.165) is 31.9 Å². The van der Waals surface area contributed by atoms with Crippen LogP contribution in [-0.2, 0) is 6.54 Å². The molecule has 0 bridgehead atoms. The number of H-pyrrole nitrogens is 2. The Bertz CT molecular complexity index is 2020. The van der Waals surface area contributed by atoms with Gasteiger partial charge in [-0.15, -0.1) is 0 Å². The number of hydrogen-bond donors (Lipinski definition) is 3. The Morgan fingerprint density at radius 1 is 0.889 bits per heavy atom. The molecule has 1 aliphatic rings. The second-order valence-electron chi connectivity index (χ2n) is 10.5. The van der Waals surface area contributed by atoms with Gasteiger partial charge >= 0.3 is 0 Å². The van der Waals surface area contributed by atoms with Crippen molar-refractivity contribution >= 4 is 39.9 Å². The van der Waals surface area contributed by atoms with Crippen LogP contribution in [0.2, 0.25) is 0 Å². The summed E-state index contributed by atoms with van der Waals surface area (Å²) in [5.74, 6) is -1.38. The average Bonchev–Trinajstić information content (AvgIpc) is 3.05. The Labute approximate surface area is 255 Å². The topological polar surface area (TPSA) is 157 Å². The van der Waals surface area contributed by atoms with Gasteiger partial charge in [0, 0.05) is 45.3 Å². The van der Waals surface area contributed by atoms with Crippen LogP contribution >= 0.6 is 0 Å². The lowest BCUT2D eigenvalue weighted by atomic mass is 10.1. The number of anilines is 1. The van der Waals surface area contributed by atoms with E-state index in [9.17, 15) is 28.0 Å². The number of carbonyl (C=O) groups excluding carboxylic acids is 2. The molecule has 0 radical (unpaired) electrons. The zero-order valence-electron chi connectivity index (χ0n) is 24.8. The summed E-state index contributed by atoms with van der Waals surface area (Å²) in [5, 5.41) is 2.55. The molecule has 0 saturated carbocycles. The summed E-state index contributed by atoms with van der Waals surface area (Å²) in [6.45, 7) is 6.66. The van der Waals surface area contributed by atoms with E-state index in [4.69, 9.17) is 0 Å². The fraction of sp³-hybridized carbons (Fsp3) is 0.258. The summed E-state index contributed by atoms with van der Waals surface area (Å²) < 4.78 is 28.5. The quantitative estimate of drug-likeness (QED) is 0.253. The van der Waals surface area contributed by atoms with Gasteiger partial charge in [0.15, 0.2) is 17.9 Å². The number of amides is 1. The Morgan fingerprint density at radius 2 is 1.49 bits per heavy atom. The second kappa shape index (κ2) is 13.1.